The molecule has 1 amide bonds. The average molecular weight is 568 g/mol. The first kappa shape index (κ1) is 27.7. The van der Waals surface area contributed by atoms with Crippen LogP contribution in [-0.4, -0.2) is 25.6 Å². The Morgan fingerprint density at radius 1 is 0.927 bits per heavy atom. The van der Waals surface area contributed by atoms with Crippen molar-refractivity contribution >= 4 is 23.4 Å². The van der Waals surface area contributed by atoms with Gasteiger partial charge in [-0.05, 0) is 60.9 Å². The number of hydrogen-bond acceptors (Lipinski definition) is 6. The molecule has 0 fully saturated rings. The van der Waals surface area contributed by atoms with Gasteiger partial charge in [-0.2, -0.15) is 0 Å². The number of aromatic nitrogens is 3. The van der Waals surface area contributed by atoms with Gasteiger partial charge in [0, 0.05) is 29.1 Å². The van der Waals surface area contributed by atoms with E-state index in [1.54, 1.807) is 41.0 Å². The zero-order valence-electron chi connectivity index (χ0n) is 22.1. The van der Waals surface area contributed by atoms with E-state index in [0.717, 1.165) is 16.7 Å². The molecule has 0 saturated heterocycles. The molecule has 0 bridgehead atoms. The number of non-ortho nitro benzene ring substituents is 1. The lowest BCUT2D eigenvalue weighted by molar-refractivity contribution is -0.384. The fourth-order valence-corrected chi connectivity index (χ4v) is 5.21. The molecule has 0 aliphatic heterocycles. The molecule has 5 rings (SSSR count). The molecule has 5 aromatic rings. The number of benzene rings is 4. The van der Waals surface area contributed by atoms with Gasteiger partial charge in [0.1, 0.15) is 5.82 Å². The van der Waals surface area contributed by atoms with Gasteiger partial charge in [0.15, 0.2) is 11.0 Å². The van der Waals surface area contributed by atoms with E-state index >= 15 is 0 Å². The number of halogens is 1. The lowest BCUT2D eigenvalue weighted by atomic mass is 10.0. The number of rotatable bonds is 10. The van der Waals surface area contributed by atoms with Crippen molar-refractivity contribution in [2.45, 2.75) is 30.3 Å². The Balaban J connectivity index is 1.54. The number of aryl methyl sites for hydroxylation is 1. The number of nitro groups is 1. The third-order valence-corrected chi connectivity index (χ3v) is 7.47. The highest BCUT2D eigenvalue weighted by Gasteiger charge is 2.26. The summed E-state index contributed by atoms with van der Waals surface area (Å²) in [4.78, 5) is 24.2. The summed E-state index contributed by atoms with van der Waals surface area (Å²) in [7, 11) is 0. The summed E-state index contributed by atoms with van der Waals surface area (Å²) in [5.41, 5.74) is 4.01. The highest BCUT2D eigenvalue weighted by Crippen LogP contribution is 2.30. The van der Waals surface area contributed by atoms with Gasteiger partial charge in [-0.15, -0.1) is 10.2 Å². The third-order valence-electron chi connectivity index (χ3n) is 6.47. The number of carbonyl (C=O) groups excluding carboxylic acids is 1. The Kier molecular flexibility index (Phi) is 8.50. The Hall–Kier alpha value is -4.83. The predicted molar refractivity (Wildman–Crippen MR) is 156 cm³/mol. The van der Waals surface area contributed by atoms with Crippen LogP contribution in [0.4, 0.5) is 10.1 Å². The maximum atomic E-state index is 13.4. The van der Waals surface area contributed by atoms with Crippen molar-refractivity contribution in [3.05, 3.63) is 147 Å². The lowest BCUT2D eigenvalue weighted by Crippen LogP contribution is -2.32. The van der Waals surface area contributed by atoms with Gasteiger partial charge in [-0.25, -0.2) is 4.39 Å². The van der Waals surface area contributed by atoms with Gasteiger partial charge in [0.05, 0.1) is 11.0 Å². The minimum atomic E-state index is -0.575. The minimum Gasteiger partial charge on any atom is -0.342 e. The van der Waals surface area contributed by atoms with E-state index in [2.05, 4.69) is 15.5 Å². The molecule has 0 aliphatic carbocycles. The number of amides is 1. The number of thioether (sulfide) groups is 1. The molecule has 1 N–H and O–H groups in total. The molecule has 0 radical (unpaired) electrons. The highest BCUT2D eigenvalue weighted by atomic mass is 32.2. The van der Waals surface area contributed by atoms with Gasteiger partial charge < -0.3 is 5.32 Å². The minimum absolute atomic E-state index is 0.0441. The van der Waals surface area contributed by atoms with Crippen molar-refractivity contribution < 1.29 is 14.1 Å². The standard InChI is InChI=1S/C31H26FN5O3S/c1-21-7-11-24(12-8-21)30(38)33-28(19-22-5-3-2-4-6-22)29-34-35-31(41-20-23-9-13-25(32)14-10-23)36(29)26-15-17-27(18-16-26)37(39)40/h2-18,28H,19-20H2,1H3,(H,33,38). The van der Waals surface area contributed by atoms with Gasteiger partial charge >= 0.3 is 0 Å². The van der Waals surface area contributed by atoms with Crippen molar-refractivity contribution in [2.75, 3.05) is 0 Å². The van der Waals surface area contributed by atoms with Gasteiger partial charge in [0.25, 0.3) is 11.6 Å². The molecule has 0 spiro atoms. The second kappa shape index (κ2) is 12.6. The van der Waals surface area contributed by atoms with Gasteiger partial charge in [-0.3, -0.25) is 19.5 Å². The van der Waals surface area contributed by atoms with E-state index in [-0.39, 0.29) is 17.4 Å². The van der Waals surface area contributed by atoms with E-state index in [1.807, 2.05) is 49.4 Å². The number of hydrogen-bond donors (Lipinski definition) is 1. The fraction of sp³-hybridized carbons (Fsp3) is 0.129. The molecule has 206 valence electrons. The molecule has 0 saturated carbocycles. The highest BCUT2D eigenvalue weighted by molar-refractivity contribution is 7.98. The van der Waals surface area contributed by atoms with E-state index in [0.29, 0.717) is 34.4 Å². The zero-order valence-corrected chi connectivity index (χ0v) is 22.9. The number of nitrogens with one attached hydrogen (secondary N) is 1. The first-order valence-electron chi connectivity index (χ1n) is 12.9. The van der Waals surface area contributed by atoms with Crippen molar-refractivity contribution in [1.82, 2.24) is 20.1 Å². The molecular formula is C31H26FN5O3S. The summed E-state index contributed by atoms with van der Waals surface area (Å²) in [5.74, 6) is 0.391. The van der Waals surface area contributed by atoms with Crippen molar-refractivity contribution in [2.24, 2.45) is 0 Å². The second-order valence-corrected chi connectivity index (χ2v) is 10.4. The topological polar surface area (TPSA) is 103 Å². The first-order valence-corrected chi connectivity index (χ1v) is 13.8. The van der Waals surface area contributed by atoms with Crippen LogP contribution in [0, 0.1) is 22.9 Å². The summed E-state index contributed by atoms with van der Waals surface area (Å²) in [5, 5.41) is 23.9. The third kappa shape index (κ3) is 6.85. The smallest absolute Gasteiger partial charge is 0.269 e. The Bertz CT molecular complexity index is 1640. The van der Waals surface area contributed by atoms with Crippen LogP contribution >= 0.6 is 11.8 Å². The van der Waals surface area contributed by atoms with E-state index < -0.39 is 11.0 Å². The quantitative estimate of drug-likeness (QED) is 0.115. The Morgan fingerprint density at radius 3 is 2.27 bits per heavy atom. The van der Waals surface area contributed by atoms with Crippen molar-refractivity contribution in [1.29, 1.82) is 0 Å². The molecule has 10 heteroatoms. The molecule has 8 nitrogen and oxygen atoms in total. The fourth-order valence-electron chi connectivity index (χ4n) is 4.30. The van der Waals surface area contributed by atoms with E-state index in [4.69, 9.17) is 0 Å². The van der Waals surface area contributed by atoms with Crippen molar-refractivity contribution in [3.8, 4) is 5.69 Å². The maximum absolute atomic E-state index is 13.4. The number of nitrogens with zero attached hydrogens (tertiary/aromatic N) is 4. The second-order valence-electron chi connectivity index (χ2n) is 9.45. The zero-order chi connectivity index (χ0) is 28.8. The summed E-state index contributed by atoms with van der Waals surface area (Å²) in [6.45, 7) is 1.96. The van der Waals surface area contributed by atoms with Crippen LogP contribution in [0.15, 0.2) is 108 Å². The van der Waals surface area contributed by atoms with Gasteiger partial charge in [-0.1, -0.05) is 71.9 Å². The molecule has 1 unspecified atom stereocenters. The summed E-state index contributed by atoms with van der Waals surface area (Å²) >= 11 is 1.39. The summed E-state index contributed by atoms with van der Waals surface area (Å²) in [6, 6.07) is 28.8. The molecule has 1 heterocycles. The van der Waals surface area contributed by atoms with Crippen molar-refractivity contribution in [3.63, 3.8) is 0 Å². The summed E-state index contributed by atoms with van der Waals surface area (Å²) < 4.78 is 15.2. The summed E-state index contributed by atoms with van der Waals surface area (Å²) in [6.07, 6.45) is 0.437. The molecule has 1 aromatic heterocycles. The van der Waals surface area contributed by atoms with E-state index in [9.17, 15) is 19.3 Å². The van der Waals surface area contributed by atoms with Crippen LogP contribution in [0.1, 0.15) is 38.9 Å². The number of nitro benzene ring substituents is 1. The van der Waals surface area contributed by atoms with Crippen LogP contribution in [0.25, 0.3) is 5.69 Å². The first-order chi connectivity index (χ1) is 19.9. The molecule has 0 aliphatic rings. The number of carbonyl (C=O) groups is 1. The SMILES string of the molecule is Cc1ccc(C(=O)NC(Cc2ccccc2)c2nnc(SCc3ccc(F)cc3)n2-c2ccc([N+](=O)[O-])cc2)cc1. The monoisotopic (exact) mass is 567 g/mol. The maximum Gasteiger partial charge on any atom is 0.269 e. The largest absolute Gasteiger partial charge is 0.342 e. The van der Waals surface area contributed by atoms with E-state index in [1.165, 1.54) is 36.0 Å². The molecule has 1 atom stereocenters. The Labute approximate surface area is 240 Å². The normalized spacial score (nSPS) is 11.7. The van der Waals surface area contributed by atoms with Crippen LogP contribution in [-0.2, 0) is 12.2 Å². The van der Waals surface area contributed by atoms with Crippen LogP contribution in [0.3, 0.4) is 0 Å². The Morgan fingerprint density at radius 2 is 1.61 bits per heavy atom. The molecule has 41 heavy (non-hydrogen) atoms. The predicted octanol–water partition coefficient (Wildman–Crippen LogP) is 6.63. The van der Waals surface area contributed by atoms with Crippen LogP contribution in [0.5, 0.6) is 0 Å². The van der Waals surface area contributed by atoms with Gasteiger partial charge in [0.2, 0.25) is 0 Å². The van der Waals surface area contributed by atoms with Crippen LogP contribution in [0.2, 0.25) is 0 Å². The van der Waals surface area contributed by atoms with Crippen LogP contribution < -0.4 is 5.32 Å². The molecular weight excluding hydrogens is 541 g/mol. The molecule has 4 aromatic carbocycles. The average Bonchev–Trinajstić information content (AvgIpc) is 3.41. The lowest BCUT2D eigenvalue weighted by Gasteiger charge is -2.20.